The Hall–Kier alpha value is -1.20. The Balaban J connectivity index is 2.05. The molecule has 0 aromatic rings. The molecular weight excluding hydrogens is 434 g/mol. The maximum atomic E-state index is 12.8. The largest absolute Gasteiger partial charge is 0.444 e. The number of hydrogen-bond acceptors (Lipinski definition) is 8. The van der Waals surface area contributed by atoms with Crippen LogP contribution in [0.3, 0.4) is 0 Å². The van der Waals surface area contributed by atoms with Crippen LogP contribution < -0.4 is 5.32 Å². The predicted molar refractivity (Wildman–Crippen MR) is 118 cm³/mol. The van der Waals surface area contributed by atoms with Crippen LogP contribution in [0.4, 0.5) is 4.79 Å². The minimum Gasteiger partial charge on any atom is -0.444 e. The van der Waals surface area contributed by atoms with Crippen LogP contribution in [0, 0.1) is 0 Å². The topological polar surface area (TPSA) is 102 Å². The summed E-state index contributed by atoms with van der Waals surface area (Å²) >= 11 is 0. The third-order valence-electron chi connectivity index (χ3n) is 6.44. The smallest absolute Gasteiger partial charge is 0.408 e. The molecule has 0 radical (unpaired) electrons. The lowest BCUT2D eigenvalue weighted by molar-refractivity contribution is -0.242. The fraction of sp³-hybridized carbons (Fsp3) is 0.909. The van der Waals surface area contributed by atoms with Gasteiger partial charge in [-0.1, -0.05) is 20.8 Å². The first-order chi connectivity index (χ1) is 14.3. The number of ether oxygens (including phenoxy) is 5. The second kappa shape index (κ2) is 7.66. The highest BCUT2D eigenvalue weighted by atomic mass is 28.4. The SMILES string of the molecule is CC(=O)OC1(O[Si](C)(C)C(C)(C)C)[C@H](NC(=O)OC(C)(C)C)[C@@H]2O[C@H]1[C@H]1OC(C)(C)O[C@@H]21. The summed E-state index contributed by atoms with van der Waals surface area (Å²) in [6.45, 7) is 20.7. The van der Waals surface area contributed by atoms with Crippen molar-refractivity contribution in [3.63, 3.8) is 0 Å². The van der Waals surface area contributed by atoms with Gasteiger partial charge >= 0.3 is 12.1 Å². The van der Waals surface area contributed by atoms with E-state index in [1.165, 1.54) is 6.92 Å². The molecule has 184 valence electrons. The maximum Gasteiger partial charge on any atom is 0.408 e. The van der Waals surface area contributed by atoms with Gasteiger partial charge in [-0.25, -0.2) is 4.79 Å². The quantitative estimate of drug-likeness (QED) is 0.376. The molecule has 9 nitrogen and oxygen atoms in total. The van der Waals surface area contributed by atoms with Crippen molar-refractivity contribution >= 4 is 20.4 Å². The van der Waals surface area contributed by atoms with Crippen LogP contribution in [0.15, 0.2) is 0 Å². The van der Waals surface area contributed by atoms with Crippen LogP contribution in [0.1, 0.15) is 62.3 Å². The van der Waals surface area contributed by atoms with E-state index in [0.717, 1.165) is 0 Å². The molecule has 3 aliphatic heterocycles. The summed E-state index contributed by atoms with van der Waals surface area (Å²) in [4.78, 5) is 25.1. The van der Waals surface area contributed by atoms with E-state index in [4.69, 9.17) is 28.1 Å². The van der Waals surface area contributed by atoms with Crippen LogP contribution in [-0.4, -0.2) is 68.0 Å². The highest BCUT2D eigenvalue weighted by Gasteiger charge is 2.76. The van der Waals surface area contributed by atoms with E-state index in [1.54, 1.807) is 20.8 Å². The van der Waals surface area contributed by atoms with E-state index in [2.05, 4.69) is 39.2 Å². The zero-order valence-electron chi connectivity index (χ0n) is 21.2. The normalized spacial score (nSPS) is 36.0. The van der Waals surface area contributed by atoms with Crippen LogP contribution in [0.25, 0.3) is 0 Å². The van der Waals surface area contributed by atoms with Crippen molar-refractivity contribution in [1.82, 2.24) is 5.32 Å². The summed E-state index contributed by atoms with van der Waals surface area (Å²) in [5, 5.41) is 2.69. The van der Waals surface area contributed by atoms with Gasteiger partial charge in [-0.15, -0.1) is 0 Å². The second-order valence-electron chi connectivity index (χ2n) is 11.9. The van der Waals surface area contributed by atoms with Gasteiger partial charge < -0.3 is 33.4 Å². The van der Waals surface area contributed by atoms with Crippen molar-refractivity contribution < 1.29 is 37.7 Å². The standard InChI is InChI=1S/C22H39NO8Si/c1-12(24)27-22(31-32(10,11)20(5,6)7)16(23-18(25)30-19(2,3)4)14-13-15(17(22)26-14)29-21(8,9)28-13/h13-17H,1-11H3,(H,23,25)/t13-,14+,15-,16+,17-,22?/m0/s1. The molecule has 3 rings (SSSR count). The van der Waals surface area contributed by atoms with Crippen LogP contribution in [0.2, 0.25) is 18.1 Å². The van der Waals surface area contributed by atoms with Crippen molar-refractivity contribution in [2.75, 3.05) is 0 Å². The van der Waals surface area contributed by atoms with E-state index < -0.39 is 68.0 Å². The first-order valence-corrected chi connectivity index (χ1v) is 14.1. The van der Waals surface area contributed by atoms with E-state index in [9.17, 15) is 9.59 Å². The van der Waals surface area contributed by atoms with Gasteiger partial charge in [0.1, 0.15) is 30.0 Å². The molecule has 1 N–H and O–H groups in total. The molecule has 1 amide bonds. The zero-order chi connectivity index (χ0) is 24.5. The van der Waals surface area contributed by atoms with Crippen molar-refractivity contribution in [3.05, 3.63) is 0 Å². The Labute approximate surface area is 191 Å². The summed E-state index contributed by atoms with van der Waals surface area (Å²) in [5.41, 5.74) is -0.704. The average molecular weight is 474 g/mol. The third kappa shape index (κ3) is 4.57. The number of amides is 1. The number of alkyl carbamates (subject to hydrolysis) is 1. The van der Waals surface area contributed by atoms with E-state index in [-0.39, 0.29) is 5.04 Å². The van der Waals surface area contributed by atoms with Crippen molar-refractivity contribution in [2.45, 2.75) is 128 Å². The van der Waals surface area contributed by atoms with E-state index >= 15 is 0 Å². The van der Waals surface area contributed by atoms with Gasteiger partial charge in [-0.2, -0.15) is 0 Å². The molecule has 1 unspecified atom stereocenters. The number of rotatable bonds is 4. The van der Waals surface area contributed by atoms with Gasteiger partial charge in [-0.3, -0.25) is 4.79 Å². The van der Waals surface area contributed by atoms with Crippen LogP contribution >= 0.6 is 0 Å². The molecule has 3 fully saturated rings. The van der Waals surface area contributed by atoms with E-state index in [1.807, 2.05) is 13.8 Å². The first-order valence-electron chi connectivity index (χ1n) is 11.2. The number of fused-ring (bicyclic) bond motifs is 5. The Bertz CT molecular complexity index is 771. The molecule has 32 heavy (non-hydrogen) atoms. The summed E-state index contributed by atoms with van der Waals surface area (Å²) in [5.74, 6) is -2.94. The summed E-state index contributed by atoms with van der Waals surface area (Å²) < 4.78 is 36.7. The molecule has 0 spiro atoms. The zero-order valence-corrected chi connectivity index (χ0v) is 22.2. The molecule has 0 saturated carbocycles. The lowest BCUT2D eigenvalue weighted by Crippen LogP contribution is -2.71. The number of hydrogen-bond donors (Lipinski definition) is 1. The van der Waals surface area contributed by atoms with Crippen LogP contribution in [-0.2, 0) is 32.9 Å². The summed E-state index contributed by atoms with van der Waals surface area (Å²) in [6, 6.07) is -0.834. The Morgan fingerprint density at radius 3 is 2.03 bits per heavy atom. The fourth-order valence-electron chi connectivity index (χ4n) is 4.29. The van der Waals surface area contributed by atoms with E-state index in [0.29, 0.717) is 0 Å². The van der Waals surface area contributed by atoms with Gasteiger partial charge in [0.2, 0.25) is 0 Å². The maximum absolute atomic E-state index is 12.8. The number of nitrogens with one attached hydrogen (secondary N) is 1. The second-order valence-corrected chi connectivity index (χ2v) is 16.6. The lowest BCUT2D eigenvalue weighted by atomic mass is 9.85. The van der Waals surface area contributed by atoms with Crippen molar-refractivity contribution in [3.8, 4) is 0 Å². The minimum atomic E-state index is -2.51. The highest BCUT2D eigenvalue weighted by molar-refractivity contribution is 6.74. The van der Waals surface area contributed by atoms with Gasteiger partial charge in [0.25, 0.3) is 5.79 Å². The van der Waals surface area contributed by atoms with Gasteiger partial charge in [-0.05, 0) is 52.8 Å². The van der Waals surface area contributed by atoms with Gasteiger partial charge in [0.15, 0.2) is 20.2 Å². The van der Waals surface area contributed by atoms with Crippen molar-refractivity contribution in [1.29, 1.82) is 0 Å². The monoisotopic (exact) mass is 473 g/mol. The van der Waals surface area contributed by atoms with Gasteiger partial charge in [0.05, 0.1) is 0 Å². The molecule has 2 bridgehead atoms. The molecule has 10 heteroatoms. The Morgan fingerprint density at radius 1 is 0.969 bits per heavy atom. The molecule has 0 aliphatic carbocycles. The lowest BCUT2D eigenvalue weighted by Gasteiger charge is -2.49. The Kier molecular flexibility index (Phi) is 6.08. The fourth-order valence-corrected chi connectivity index (χ4v) is 5.67. The predicted octanol–water partition coefficient (Wildman–Crippen LogP) is 3.46. The van der Waals surface area contributed by atoms with Crippen LogP contribution in [0.5, 0.6) is 0 Å². The molecule has 0 aromatic heterocycles. The molecule has 0 aromatic carbocycles. The third-order valence-corrected chi connectivity index (χ3v) is 10.9. The Morgan fingerprint density at radius 2 is 1.53 bits per heavy atom. The molecular formula is C22H39NO8Si. The molecule has 3 saturated heterocycles. The average Bonchev–Trinajstić information content (AvgIpc) is 3.10. The highest BCUT2D eigenvalue weighted by Crippen LogP contribution is 2.54. The summed E-state index contributed by atoms with van der Waals surface area (Å²) in [6.07, 6.45) is -3.00. The molecule has 6 atom stereocenters. The minimum absolute atomic E-state index is 0.190. The first kappa shape index (κ1) is 25.4. The number of esters is 1. The molecule has 3 aliphatic rings. The van der Waals surface area contributed by atoms with Gasteiger partial charge in [0, 0.05) is 6.92 Å². The number of carbonyl (C=O) groups excluding carboxylic acids is 2. The molecule has 3 heterocycles. The summed E-state index contributed by atoms with van der Waals surface area (Å²) in [7, 11) is -2.51. The van der Waals surface area contributed by atoms with Crippen molar-refractivity contribution in [2.24, 2.45) is 0 Å². The number of carbonyl (C=O) groups is 2.